The van der Waals surface area contributed by atoms with Crippen LogP contribution in [0.1, 0.15) is 75.2 Å². The Morgan fingerprint density at radius 3 is 1.33 bits per heavy atom. The minimum absolute atomic E-state index is 0.0754. The number of hydrogen-bond acceptors (Lipinski definition) is 4. The van der Waals surface area contributed by atoms with Crippen LogP contribution in [0, 0.1) is 0 Å². The highest BCUT2D eigenvalue weighted by Crippen LogP contribution is 2.43. The fraction of sp³-hybridized carbons (Fsp3) is 0.885. The summed E-state index contributed by atoms with van der Waals surface area (Å²) in [5.74, 6) is 0.241. The maximum atomic E-state index is 12.9. The molecule has 1 unspecified atom stereocenters. The summed E-state index contributed by atoms with van der Waals surface area (Å²) in [4.78, 5) is 12.9. The Morgan fingerprint density at radius 2 is 1.03 bits per heavy atom. The maximum Gasteiger partial charge on any atom is 0.192 e. The van der Waals surface area contributed by atoms with E-state index in [1.165, 1.54) is 0 Å². The fourth-order valence-corrected chi connectivity index (χ4v) is 6.55. The third-order valence-corrected chi connectivity index (χ3v) is 22.1. The highest BCUT2D eigenvalue weighted by molar-refractivity contribution is 6.75. The summed E-state index contributed by atoms with van der Waals surface area (Å²) in [7, 11) is -6.00. The van der Waals surface area contributed by atoms with Gasteiger partial charge in [0, 0.05) is 12.8 Å². The van der Waals surface area contributed by atoms with Crippen LogP contribution in [0.5, 0.6) is 0 Å². The van der Waals surface area contributed by atoms with Gasteiger partial charge in [0.25, 0.3) is 0 Å². The van der Waals surface area contributed by atoms with E-state index in [4.69, 9.17) is 13.3 Å². The van der Waals surface area contributed by atoms with Gasteiger partial charge in [-0.3, -0.25) is 4.79 Å². The Hall–Kier alpha value is -0.0594. The third kappa shape index (κ3) is 7.97. The molecule has 0 aromatic carbocycles. The molecular formula is C26H54O4Si3. The SMILES string of the molecule is CC(C)(C)[Si](C)(C)OCC=C1C(O[Si](C)(C)C(C)(C)C)CC(=O)C[C@@H]1O[Si](C)(C)C(C)(C)C. The molecule has 0 radical (unpaired) electrons. The highest BCUT2D eigenvalue weighted by Gasteiger charge is 2.46. The smallest absolute Gasteiger partial charge is 0.192 e. The minimum Gasteiger partial charge on any atom is -0.413 e. The molecule has 2 atom stereocenters. The van der Waals surface area contributed by atoms with Crippen molar-refractivity contribution in [2.24, 2.45) is 0 Å². The van der Waals surface area contributed by atoms with Gasteiger partial charge >= 0.3 is 0 Å². The average molecular weight is 515 g/mol. The molecule has 0 heterocycles. The van der Waals surface area contributed by atoms with Crippen molar-refractivity contribution < 1.29 is 18.1 Å². The van der Waals surface area contributed by atoms with Gasteiger partial charge in [0.1, 0.15) is 5.78 Å². The summed E-state index contributed by atoms with van der Waals surface area (Å²) in [5.41, 5.74) is 1.13. The molecule has 0 N–H and O–H groups in total. The largest absolute Gasteiger partial charge is 0.413 e. The van der Waals surface area contributed by atoms with Crippen LogP contribution >= 0.6 is 0 Å². The van der Waals surface area contributed by atoms with Crippen LogP contribution in [-0.2, 0) is 18.1 Å². The number of Topliss-reactive ketones (excluding diaryl/α,β-unsaturated/α-hetero) is 1. The summed E-state index contributed by atoms with van der Waals surface area (Å²) in [6.45, 7) is 34.4. The number of carbonyl (C=O) groups excluding carboxylic acids is 1. The van der Waals surface area contributed by atoms with Crippen LogP contribution in [0.2, 0.25) is 54.4 Å². The first kappa shape index (κ1) is 31.0. The molecule has 0 bridgehead atoms. The van der Waals surface area contributed by atoms with E-state index in [0.29, 0.717) is 19.4 Å². The van der Waals surface area contributed by atoms with Crippen LogP contribution in [-0.4, -0.2) is 49.6 Å². The fourth-order valence-electron chi connectivity index (χ4n) is 3.05. The first-order valence-corrected chi connectivity index (χ1v) is 21.3. The number of ketones is 1. The van der Waals surface area contributed by atoms with E-state index in [9.17, 15) is 4.79 Å². The van der Waals surface area contributed by atoms with Crippen LogP contribution in [0.25, 0.3) is 0 Å². The molecule has 0 spiro atoms. The molecule has 1 rings (SSSR count). The van der Waals surface area contributed by atoms with E-state index in [2.05, 4.69) is 108 Å². The summed E-state index contributed by atoms with van der Waals surface area (Å²) in [5, 5.41) is 0.306. The van der Waals surface area contributed by atoms with Crippen molar-refractivity contribution in [1.82, 2.24) is 0 Å². The monoisotopic (exact) mass is 514 g/mol. The van der Waals surface area contributed by atoms with Gasteiger partial charge in [-0.15, -0.1) is 0 Å². The normalized spacial score (nSPS) is 23.4. The van der Waals surface area contributed by atoms with E-state index in [1.807, 2.05) is 0 Å². The zero-order valence-electron chi connectivity index (χ0n) is 24.5. The zero-order valence-corrected chi connectivity index (χ0v) is 27.5. The molecule has 4 nitrogen and oxygen atoms in total. The van der Waals surface area contributed by atoms with Gasteiger partial charge < -0.3 is 13.3 Å². The first-order valence-electron chi connectivity index (χ1n) is 12.6. The second kappa shape index (κ2) is 10.1. The molecule has 0 amide bonds. The summed E-state index contributed by atoms with van der Waals surface area (Å²) < 4.78 is 20.2. The van der Waals surface area contributed by atoms with Gasteiger partial charge in [0.2, 0.25) is 0 Å². The quantitative estimate of drug-likeness (QED) is 0.254. The van der Waals surface area contributed by atoms with Gasteiger partial charge in [0.15, 0.2) is 25.0 Å². The van der Waals surface area contributed by atoms with Gasteiger partial charge in [-0.1, -0.05) is 68.4 Å². The van der Waals surface area contributed by atoms with Crippen molar-refractivity contribution in [2.75, 3.05) is 6.61 Å². The Labute approximate surface area is 208 Å². The summed E-state index contributed by atoms with van der Waals surface area (Å²) in [6.07, 6.45) is 2.64. The molecule has 1 fully saturated rings. The molecule has 0 aromatic rings. The number of rotatable bonds is 7. The van der Waals surface area contributed by atoms with Crippen LogP contribution < -0.4 is 0 Å². The molecule has 1 aliphatic carbocycles. The van der Waals surface area contributed by atoms with Gasteiger partial charge in [-0.2, -0.15) is 0 Å². The van der Waals surface area contributed by atoms with E-state index >= 15 is 0 Å². The molecule has 7 heteroatoms. The Morgan fingerprint density at radius 1 is 0.697 bits per heavy atom. The van der Waals surface area contributed by atoms with Crippen LogP contribution in [0.4, 0.5) is 0 Å². The van der Waals surface area contributed by atoms with Crippen LogP contribution in [0.3, 0.4) is 0 Å². The van der Waals surface area contributed by atoms with Gasteiger partial charge in [0.05, 0.1) is 18.8 Å². The predicted molar refractivity (Wildman–Crippen MR) is 150 cm³/mol. The highest BCUT2D eigenvalue weighted by atomic mass is 28.4. The predicted octanol–water partition coefficient (Wildman–Crippen LogP) is 8.08. The van der Waals surface area contributed by atoms with E-state index < -0.39 is 25.0 Å². The Bertz CT molecular complexity index is 677. The second-order valence-electron chi connectivity index (χ2n) is 14.5. The molecular weight excluding hydrogens is 461 g/mol. The number of carbonyl (C=O) groups is 1. The molecule has 1 aliphatic rings. The Kier molecular flexibility index (Phi) is 9.51. The average Bonchev–Trinajstić information content (AvgIpc) is 2.53. The standard InChI is InChI=1S/C26H54O4Si3/c1-24(2,3)31(10,11)28-17-16-21-22(29-32(12,13)25(4,5)6)18-20(27)19-23(21)30-33(14,15)26(7,8)9/h16,22-23H,17-19H2,1-15H3/t22-,23?/m0/s1. The minimum atomic E-state index is -2.06. The summed E-state index contributed by atoms with van der Waals surface area (Å²) in [6, 6.07) is 0. The van der Waals surface area contributed by atoms with Crippen molar-refractivity contribution >= 4 is 30.7 Å². The van der Waals surface area contributed by atoms with E-state index in [0.717, 1.165) is 5.57 Å². The van der Waals surface area contributed by atoms with Gasteiger partial charge in [-0.05, 0) is 60.0 Å². The summed E-state index contributed by atoms with van der Waals surface area (Å²) >= 11 is 0. The number of hydrogen-bond donors (Lipinski definition) is 0. The molecule has 0 saturated heterocycles. The lowest BCUT2D eigenvalue weighted by Crippen LogP contribution is -2.51. The molecule has 0 aliphatic heterocycles. The lowest BCUT2D eigenvalue weighted by Gasteiger charge is -2.45. The van der Waals surface area contributed by atoms with E-state index in [-0.39, 0.29) is 33.1 Å². The molecule has 0 aromatic heterocycles. The molecule has 33 heavy (non-hydrogen) atoms. The Balaban J connectivity index is 3.36. The topological polar surface area (TPSA) is 44.8 Å². The zero-order chi connectivity index (χ0) is 26.3. The molecule has 194 valence electrons. The maximum absolute atomic E-state index is 12.9. The third-order valence-electron chi connectivity index (χ3n) is 8.63. The lowest BCUT2D eigenvalue weighted by atomic mass is 9.88. The van der Waals surface area contributed by atoms with Crippen molar-refractivity contribution in [2.45, 2.75) is 142 Å². The van der Waals surface area contributed by atoms with Crippen molar-refractivity contribution in [3.05, 3.63) is 11.6 Å². The lowest BCUT2D eigenvalue weighted by molar-refractivity contribution is -0.123. The van der Waals surface area contributed by atoms with Crippen LogP contribution in [0.15, 0.2) is 11.6 Å². The van der Waals surface area contributed by atoms with Gasteiger partial charge in [-0.25, -0.2) is 0 Å². The van der Waals surface area contributed by atoms with Crippen molar-refractivity contribution in [1.29, 1.82) is 0 Å². The second-order valence-corrected chi connectivity index (χ2v) is 28.8. The van der Waals surface area contributed by atoms with Crippen molar-refractivity contribution in [3.8, 4) is 0 Å². The molecule has 1 saturated carbocycles. The van der Waals surface area contributed by atoms with Crippen molar-refractivity contribution in [3.63, 3.8) is 0 Å². The first-order chi connectivity index (χ1) is 14.4. The van der Waals surface area contributed by atoms with E-state index in [1.54, 1.807) is 0 Å².